The zero-order valence-electron chi connectivity index (χ0n) is 14.2. The monoisotopic (exact) mass is 339 g/mol. The Morgan fingerprint density at radius 1 is 1.43 bits per heavy atom. The molecule has 0 bridgehead atoms. The first-order valence-corrected chi connectivity index (χ1v) is 9.44. The molecule has 130 valence electrons. The number of rotatable bonds is 7. The summed E-state index contributed by atoms with van der Waals surface area (Å²) in [6.07, 6.45) is 3.49. The van der Waals surface area contributed by atoms with Gasteiger partial charge < -0.3 is 20.6 Å². The zero-order chi connectivity index (χ0) is 16.7. The van der Waals surface area contributed by atoms with E-state index in [1.807, 2.05) is 16.8 Å². The first-order chi connectivity index (χ1) is 11.0. The molecule has 2 amide bonds. The molecular formula is C17H29N3O2S. The maximum Gasteiger partial charge on any atom is 0.314 e. The summed E-state index contributed by atoms with van der Waals surface area (Å²) in [7, 11) is 0. The highest BCUT2D eigenvalue weighted by Crippen LogP contribution is 2.22. The number of hydrogen-bond donors (Lipinski definition) is 3. The average molecular weight is 340 g/mol. The van der Waals surface area contributed by atoms with E-state index >= 15 is 0 Å². The fraction of sp³-hybridized carbons (Fsp3) is 0.706. The number of urea groups is 1. The molecule has 0 radical (unpaired) electrons. The standard InChI is InChI=1S/C17H29N3O2S/c1-3-20-9-5-14(6-10-20)4-8-18-16(21)19-13-17(2,22)15-7-11-23-12-15/h7,11-12,14,22H,3-6,8-10,13H2,1-2H3,(H2,18,19,21). The van der Waals surface area contributed by atoms with Gasteiger partial charge in [0.25, 0.3) is 0 Å². The van der Waals surface area contributed by atoms with E-state index in [2.05, 4.69) is 22.5 Å². The van der Waals surface area contributed by atoms with Crippen molar-refractivity contribution in [3.8, 4) is 0 Å². The van der Waals surface area contributed by atoms with Crippen LogP contribution in [-0.4, -0.2) is 48.8 Å². The minimum atomic E-state index is -1.02. The van der Waals surface area contributed by atoms with Gasteiger partial charge in [0.1, 0.15) is 5.60 Å². The van der Waals surface area contributed by atoms with Gasteiger partial charge in [-0.2, -0.15) is 11.3 Å². The van der Waals surface area contributed by atoms with Crippen molar-refractivity contribution in [1.29, 1.82) is 0 Å². The smallest absolute Gasteiger partial charge is 0.314 e. The topological polar surface area (TPSA) is 64.6 Å². The van der Waals surface area contributed by atoms with Gasteiger partial charge in [-0.1, -0.05) is 6.92 Å². The average Bonchev–Trinajstić information content (AvgIpc) is 3.09. The lowest BCUT2D eigenvalue weighted by molar-refractivity contribution is 0.0598. The van der Waals surface area contributed by atoms with Gasteiger partial charge in [-0.3, -0.25) is 0 Å². The number of aliphatic hydroxyl groups is 1. The van der Waals surface area contributed by atoms with Crippen molar-refractivity contribution < 1.29 is 9.90 Å². The number of nitrogens with one attached hydrogen (secondary N) is 2. The van der Waals surface area contributed by atoms with Crippen molar-refractivity contribution in [1.82, 2.24) is 15.5 Å². The molecule has 1 unspecified atom stereocenters. The second-order valence-corrected chi connectivity index (χ2v) is 7.34. The maximum absolute atomic E-state index is 11.9. The van der Waals surface area contributed by atoms with E-state index < -0.39 is 5.60 Å². The van der Waals surface area contributed by atoms with Crippen LogP contribution in [0.15, 0.2) is 16.8 Å². The lowest BCUT2D eigenvalue weighted by Gasteiger charge is -2.31. The van der Waals surface area contributed by atoms with Crippen LogP contribution in [0, 0.1) is 5.92 Å². The van der Waals surface area contributed by atoms with E-state index in [0.717, 1.165) is 18.5 Å². The van der Waals surface area contributed by atoms with Crippen LogP contribution in [0.25, 0.3) is 0 Å². The quantitative estimate of drug-likeness (QED) is 0.715. The first kappa shape index (κ1) is 18.2. The molecule has 1 saturated heterocycles. The molecule has 1 aromatic rings. The molecule has 2 heterocycles. The van der Waals surface area contributed by atoms with Crippen LogP contribution in [0.2, 0.25) is 0 Å². The zero-order valence-corrected chi connectivity index (χ0v) is 15.0. The Kier molecular flexibility index (Phi) is 6.87. The Balaban J connectivity index is 1.60. The molecule has 1 aliphatic heterocycles. The van der Waals surface area contributed by atoms with Crippen LogP contribution in [0.5, 0.6) is 0 Å². The highest BCUT2D eigenvalue weighted by atomic mass is 32.1. The third-order valence-electron chi connectivity index (χ3n) is 4.73. The van der Waals surface area contributed by atoms with Crippen molar-refractivity contribution in [3.05, 3.63) is 22.4 Å². The predicted octanol–water partition coefficient (Wildman–Crippen LogP) is 2.38. The molecule has 0 spiro atoms. The minimum Gasteiger partial charge on any atom is -0.384 e. The number of piperidine rings is 1. The molecular weight excluding hydrogens is 310 g/mol. The fourth-order valence-electron chi connectivity index (χ4n) is 2.97. The van der Waals surface area contributed by atoms with E-state index in [-0.39, 0.29) is 12.6 Å². The SMILES string of the molecule is CCN1CCC(CCNC(=O)NCC(C)(O)c2ccsc2)CC1. The van der Waals surface area contributed by atoms with E-state index in [1.54, 1.807) is 18.3 Å². The van der Waals surface area contributed by atoms with Gasteiger partial charge >= 0.3 is 6.03 Å². The van der Waals surface area contributed by atoms with Crippen LogP contribution >= 0.6 is 11.3 Å². The van der Waals surface area contributed by atoms with E-state index in [1.165, 1.54) is 25.9 Å². The number of carbonyl (C=O) groups excluding carboxylic acids is 1. The summed E-state index contributed by atoms with van der Waals surface area (Å²) < 4.78 is 0. The van der Waals surface area contributed by atoms with Gasteiger partial charge in [-0.15, -0.1) is 0 Å². The van der Waals surface area contributed by atoms with E-state index in [0.29, 0.717) is 12.5 Å². The molecule has 1 fully saturated rings. The molecule has 5 nitrogen and oxygen atoms in total. The number of amides is 2. The van der Waals surface area contributed by atoms with E-state index in [9.17, 15) is 9.90 Å². The molecule has 6 heteroatoms. The van der Waals surface area contributed by atoms with Crippen molar-refractivity contribution in [2.45, 2.75) is 38.7 Å². The summed E-state index contributed by atoms with van der Waals surface area (Å²) in [4.78, 5) is 14.3. The molecule has 2 rings (SSSR count). The highest BCUT2D eigenvalue weighted by Gasteiger charge is 2.24. The summed E-state index contributed by atoms with van der Waals surface area (Å²) in [6.45, 7) is 8.33. The van der Waals surface area contributed by atoms with Crippen molar-refractivity contribution in [2.75, 3.05) is 32.7 Å². The van der Waals surface area contributed by atoms with Gasteiger partial charge in [0.05, 0.1) is 6.54 Å². The Morgan fingerprint density at radius 2 is 2.17 bits per heavy atom. The molecule has 0 aromatic carbocycles. The Bertz CT molecular complexity index is 468. The van der Waals surface area contributed by atoms with Gasteiger partial charge in [-0.05, 0) is 74.1 Å². The largest absolute Gasteiger partial charge is 0.384 e. The third-order valence-corrected chi connectivity index (χ3v) is 5.41. The number of likely N-dealkylation sites (tertiary alicyclic amines) is 1. The van der Waals surface area contributed by atoms with Gasteiger partial charge in [-0.25, -0.2) is 4.79 Å². The fourth-order valence-corrected chi connectivity index (χ4v) is 3.75. The maximum atomic E-state index is 11.9. The molecule has 0 aliphatic carbocycles. The summed E-state index contributed by atoms with van der Waals surface area (Å²) in [6, 6.07) is 1.68. The van der Waals surface area contributed by atoms with Crippen LogP contribution in [0.1, 0.15) is 38.7 Å². The van der Waals surface area contributed by atoms with Crippen LogP contribution in [-0.2, 0) is 5.60 Å². The molecule has 1 aliphatic rings. The van der Waals surface area contributed by atoms with Crippen LogP contribution in [0.4, 0.5) is 4.79 Å². The molecule has 3 N–H and O–H groups in total. The Hall–Kier alpha value is -1.11. The van der Waals surface area contributed by atoms with Crippen LogP contribution in [0.3, 0.4) is 0 Å². The molecule has 1 atom stereocenters. The molecule has 1 aromatic heterocycles. The van der Waals surface area contributed by atoms with E-state index in [4.69, 9.17) is 0 Å². The lowest BCUT2D eigenvalue weighted by atomic mass is 9.93. The Labute approximate surface area is 143 Å². The summed E-state index contributed by atoms with van der Waals surface area (Å²) in [5.74, 6) is 0.715. The highest BCUT2D eigenvalue weighted by molar-refractivity contribution is 7.08. The lowest BCUT2D eigenvalue weighted by Crippen LogP contribution is -2.44. The number of carbonyl (C=O) groups is 1. The second-order valence-electron chi connectivity index (χ2n) is 6.56. The minimum absolute atomic E-state index is 0.202. The number of hydrogen-bond acceptors (Lipinski definition) is 4. The summed E-state index contributed by atoms with van der Waals surface area (Å²) in [5, 5.41) is 19.9. The number of nitrogens with zero attached hydrogens (tertiary/aromatic N) is 1. The summed E-state index contributed by atoms with van der Waals surface area (Å²) >= 11 is 1.54. The van der Waals surface area contributed by atoms with Gasteiger partial charge in [0.15, 0.2) is 0 Å². The molecule has 0 saturated carbocycles. The van der Waals surface area contributed by atoms with Crippen molar-refractivity contribution in [3.63, 3.8) is 0 Å². The Morgan fingerprint density at radius 3 is 2.78 bits per heavy atom. The third kappa shape index (κ3) is 5.79. The van der Waals surface area contributed by atoms with Gasteiger partial charge in [0.2, 0.25) is 0 Å². The van der Waals surface area contributed by atoms with Crippen molar-refractivity contribution >= 4 is 17.4 Å². The predicted molar refractivity (Wildman–Crippen MR) is 94.7 cm³/mol. The van der Waals surface area contributed by atoms with Gasteiger partial charge in [0, 0.05) is 6.54 Å². The summed E-state index contributed by atoms with van der Waals surface area (Å²) in [5.41, 5.74) is -0.185. The molecule has 23 heavy (non-hydrogen) atoms. The first-order valence-electron chi connectivity index (χ1n) is 8.50. The van der Waals surface area contributed by atoms with Crippen molar-refractivity contribution in [2.24, 2.45) is 5.92 Å². The number of thiophene rings is 1. The van der Waals surface area contributed by atoms with Crippen LogP contribution < -0.4 is 10.6 Å². The second kappa shape index (κ2) is 8.66. The normalized spacial score (nSPS) is 19.3.